The number of amides is 2. The van der Waals surface area contributed by atoms with Gasteiger partial charge in [-0.15, -0.1) is 0 Å². The van der Waals surface area contributed by atoms with Gasteiger partial charge in [-0.25, -0.2) is 4.98 Å². The second-order valence-corrected chi connectivity index (χ2v) is 12.8. The molecule has 0 saturated heterocycles. The Bertz CT molecular complexity index is 970. The first-order valence-corrected chi connectivity index (χ1v) is 14.0. The Hall–Kier alpha value is -2.41. The lowest BCUT2D eigenvalue weighted by molar-refractivity contribution is -0.114. The molecule has 3 N–H and O–H groups in total. The van der Waals surface area contributed by atoms with E-state index in [2.05, 4.69) is 93.7 Å². The number of carbonyl (C=O) groups excluding carboxylic acids is 2. The Morgan fingerprint density at radius 1 is 0.944 bits per heavy atom. The highest BCUT2D eigenvalue weighted by molar-refractivity contribution is 7.17. The second-order valence-electron chi connectivity index (χ2n) is 11.8. The van der Waals surface area contributed by atoms with Crippen LogP contribution in [-0.4, -0.2) is 29.4 Å². The molecule has 0 fully saturated rings. The number of nitrogens with zero attached hydrogens (tertiary/aromatic N) is 1. The average molecular weight is 515 g/mol. The molecule has 200 valence electrons. The van der Waals surface area contributed by atoms with E-state index >= 15 is 0 Å². The number of benzene rings is 1. The summed E-state index contributed by atoms with van der Waals surface area (Å²) in [5, 5.41) is 9.97. The molecule has 0 aliphatic carbocycles. The number of aryl methyl sites for hydroxylation is 2. The lowest BCUT2D eigenvalue weighted by Crippen LogP contribution is -2.44. The third-order valence-electron chi connectivity index (χ3n) is 6.15. The zero-order chi connectivity index (χ0) is 26.9. The monoisotopic (exact) mass is 514 g/mol. The molecular weight excluding hydrogens is 468 g/mol. The fraction of sp³-hybridized carbons (Fsp3) is 0.621. The fourth-order valence-corrected chi connectivity index (χ4v) is 5.64. The van der Waals surface area contributed by atoms with Crippen molar-refractivity contribution in [1.29, 1.82) is 0 Å². The third-order valence-corrected chi connectivity index (χ3v) is 7.16. The molecule has 1 aromatic heterocycles. The first kappa shape index (κ1) is 29.8. The van der Waals surface area contributed by atoms with Crippen LogP contribution in [0.3, 0.4) is 0 Å². The molecule has 0 unspecified atom stereocenters. The van der Waals surface area contributed by atoms with Crippen molar-refractivity contribution in [2.24, 2.45) is 10.8 Å². The molecule has 7 heteroatoms. The summed E-state index contributed by atoms with van der Waals surface area (Å²) in [6.45, 7) is 17.9. The minimum absolute atomic E-state index is 0.106. The third kappa shape index (κ3) is 9.57. The molecule has 0 saturated carbocycles. The predicted molar refractivity (Wildman–Crippen MR) is 153 cm³/mol. The number of rotatable bonds is 12. The molecule has 6 nitrogen and oxygen atoms in total. The van der Waals surface area contributed by atoms with Gasteiger partial charge < -0.3 is 16.0 Å². The van der Waals surface area contributed by atoms with E-state index in [1.165, 1.54) is 30.2 Å². The maximum absolute atomic E-state index is 12.9. The molecule has 2 aromatic rings. The van der Waals surface area contributed by atoms with Gasteiger partial charge in [-0.05, 0) is 47.8 Å². The molecule has 1 heterocycles. The number of carbonyl (C=O) groups is 2. The topological polar surface area (TPSA) is 83.1 Å². The summed E-state index contributed by atoms with van der Waals surface area (Å²) in [5.74, 6) is -0.292. The van der Waals surface area contributed by atoms with Crippen LogP contribution in [0.1, 0.15) is 102 Å². The van der Waals surface area contributed by atoms with Gasteiger partial charge in [0.1, 0.15) is 4.88 Å². The average Bonchev–Trinajstić information content (AvgIpc) is 3.17. The van der Waals surface area contributed by atoms with Gasteiger partial charge in [0.25, 0.3) is 5.91 Å². The van der Waals surface area contributed by atoms with Crippen LogP contribution in [0.2, 0.25) is 0 Å². The number of anilines is 2. The summed E-state index contributed by atoms with van der Waals surface area (Å²) in [4.78, 5) is 29.5. The lowest BCUT2D eigenvalue weighted by atomic mass is 9.72. The molecule has 36 heavy (non-hydrogen) atoms. The molecule has 0 spiro atoms. The fourth-order valence-electron chi connectivity index (χ4n) is 4.67. The number of nitrogens with one attached hydrogen (secondary N) is 3. The largest absolute Gasteiger partial charge is 0.381 e. The lowest BCUT2D eigenvalue weighted by Gasteiger charge is -2.42. The SMILES string of the molecule is CCCCCCNC(=O)c1sc(NC(C)=O)nc1CCc1ccc(NC(C(C)(C)C)C(C)(C)C)cc1. The molecule has 0 aliphatic rings. The minimum Gasteiger partial charge on any atom is -0.381 e. The van der Waals surface area contributed by atoms with Crippen molar-refractivity contribution in [2.75, 3.05) is 17.2 Å². The summed E-state index contributed by atoms with van der Waals surface area (Å²) in [7, 11) is 0. The van der Waals surface area contributed by atoms with Crippen LogP contribution in [0, 0.1) is 10.8 Å². The minimum atomic E-state index is -0.186. The van der Waals surface area contributed by atoms with Crippen LogP contribution in [-0.2, 0) is 17.6 Å². The van der Waals surface area contributed by atoms with Gasteiger partial charge in [-0.1, -0.05) is 91.2 Å². The number of hydrogen-bond donors (Lipinski definition) is 3. The van der Waals surface area contributed by atoms with Crippen LogP contribution < -0.4 is 16.0 Å². The summed E-state index contributed by atoms with van der Waals surface area (Å²) in [6.07, 6.45) is 5.82. The molecular formula is C29H46N4O2S. The molecule has 0 bridgehead atoms. The van der Waals surface area contributed by atoms with Gasteiger partial charge in [0.05, 0.1) is 5.69 Å². The van der Waals surface area contributed by atoms with Gasteiger partial charge in [-0.3, -0.25) is 9.59 Å². The molecule has 0 atom stereocenters. The van der Waals surface area contributed by atoms with Gasteiger partial charge in [0, 0.05) is 25.2 Å². The smallest absolute Gasteiger partial charge is 0.263 e. The zero-order valence-electron chi connectivity index (χ0n) is 23.5. The summed E-state index contributed by atoms with van der Waals surface area (Å²) in [6, 6.07) is 8.86. The summed E-state index contributed by atoms with van der Waals surface area (Å²) >= 11 is 1.25. The number of thiazole rings is 1. The van der Waals surface area contributed by atoms with Gasteiger partial charge in [0.15, 0.2) is 5.13 Å². The van der Waals surface area contributed by atoms with E-state index < -0.39 is 0 Å². The zero-order valence-corrected chi connectivity index (χ0v) is 24.3. The van der Waals surface area contributed by atoms with E-state index in [0.717, 1.165) is 37.1 Å². The number of aromatic nitrogens is 1. The van der Waals surface area contributed by atoms with Crippen LogP contribution in [0.5, 0.6) is 0 Å². The summed E-state index contributed by atoms with van der Waals surface area (Å²) in [5.41, 5.74) is 3.28. The maximum atomic E-state index is 12.9. The first-order chi connectivity index (χ1) is 16.8. The van der Waals surface area contributed by atoms with Gasteiger partial charge >= 0.3 is 0 Å². The molecule has 0 radical (unpaired) electrons. The van der Waals surface area contributed by atoms with Crippen LogP contribution in [0.15, 0.2) is 24.3 Å². The second kappa shape index (κ2) is 13.2. The van der Waals surface area contributed by atoms with E-state index in [-0.39, 0.29) is 22.6 Å². The van der Waals surface area contributed by atoms with Crippen molar-refractivity contribution < 1.29 is 9.59 Å². The molecule has 0 aliphatic heterocycles. The van der Waals surface area contributed by atoms with Gasteiger partial charge in [0.2, 0.25) is 5.91 Å². The maximum Gasteiger partial charge on any atom is 0.263 e. The van der Waals surface area contributed by atoms with Crippen molar-refractivity contribution in [2.45, 2.75) is 100.0 Å². The Morgan fingerprint density at radius 3 is 2.14 bits per heavy atom. The van der Waals surface area contributed by atoms with Crippen LogP contribution >= 0.6 is 11.3 Å². The highest BCUT2D eigenvalue weighted by Crippen LogP contribution is 2.36. The first-order valence-electron chi connectivity index (χ1n) is 13.2. The Labute approximate surface area is 222 Å². The van der Waals surface area contributed by atoms with Crippen molar-refractivity contribution in [1.82, 2.24) is 10.3 Å². The molecule has 1 aromatic carbocycles. The van der Waals surface area contributed by atoms with Crippen LogP contribution in [0.4, 0.5) is 10.8 Å². The van der Waals surface area contributed by atoms with Crippen molar-refractivity contribution in [3.63, 3.8) is 0 Å². The summed E-state index contributed by atoms with van der Waals surface area (Å²) < 4.78 is 0. The highest BCUT2D eigenvalue weighted by Gasteiger charge is 2.34. The van der Waals surface area contributed by atoms with Crippen LogP contribution in [0.25, 0.3) is 0 Å². The van der Waals surface area contributed by atoms with E-state index in [4.69, 9.17) is 0 Å². The quantitative estimate of drug-likeness (QED) is 0.265. The standard InChI is InChI=1S/C29H46N4O2S/c1-9-10-11-12-19-30-25(35)24-23(33-27(36-24)31-20(2)34)18-15-21-13-16-22(17-14-21)32-26(28(3,4)5)29(6,7)8/h13-14,16-17,26,32H,9-12,15,18-19H2,1-8H3,(H,30,35)(H,31,33,34). The molecule has 2 rings (SSSR count). The van der Waals surface area contributed by atoms with Gasteiger partial charge in [-0.2, -0.15) is 0 Å². The van der Waals surface area contributed by atoms with E-state index in [1.807, 2.05) is 0 Å². The number of unbranched alkanes of at least 4 members (excludes halogenated alkanes) is 3. The molecule has 2 amide bonds. The van der Waals surface area contributed by atoms with E-state index in [0.29, 0.717) is 29.0 Å². The normalized spacial score (nSPS) is 12.0. The predicted octanol–water partition coefficient (Wildman–Crippen LogP) is 7.07. The Morgan fingerprint density at radius 2 is 1.58 bits per heavy atom. The van der Waals surface area contributed by atoms with E-state index in [1.54, 1.807) is 0 Å². The van der Waals surface area contributed by atoms with Crippen molar-refractivity contribution in [3.8, 4) is 0 Å². The highest BCUT2D eigenvalue weighted by atomic mass is 32.1. The Balaban J connectivity index is 2.07. The van der Waals surface area contributed by atoms with Crippen molar-refractivity contribution >= 4 is 34.0 Å². The van der Waals surface area contributed by atoms with Crippen molar-refractivity contribution in [3.05, 3.63) is 40.4 Å². The van der Waals surface area contributed by atoms with E-state index in [9.17, 15) is 9.59 Å². The Kier molecular flexibility index (Phi) is 11.0. The number of hydrogen-bond acceptors (Lipinski definition) is 5.